The minimum absolute atomic E-state index is 0.0127. The molecule has 0 aliphatic heterocycles. The Labute approximate surface area is 353 Å². The molecule has 0 spiro atoms. The molecule has 0 fully saturated rings. The maximum atomic E-state index is 12.7. The van der Waals surface area contributed by atoms with E-state index >= 15 is 0 Å². The van der Waals surface area contributed by atoms with Crippen molar-refractivity contribution in [3.63, 3.8) is 0 Å². The van der Waals surface area contributed by atoms with Crippen LogP contribution in [0.25, 0.3) is 0 Å². The smallest absolute Gasteiger partial charge is 0.472 e. The number of phosphoric ester groups is 1. The van der Waals surface area contributed by atoms with Gasteiger partial charge in [0.1, 0.15) is 12.1 Å². The molecule has 0 aromatic heterocycles. The first-order valence-corrected chi connectivity index (χ1v) is 24.3. The number of hydrogen-bond acceptors (Lipinski definition) is 8. The number of nitrogens with two attached hydrogens (primary N) is 1. The Morgan fingerprint density at radius 2 is 1.00 bits per heavy atom. The molecule has 11 heteroatoms. The zero-order chi connectivity index (χ0) is 42.6. The SMILES string of the molecule is CC/C=C\C/C=C\C/C=C\C/C=C\C/C=C\CCCCOCC(COP(=O)(O)OCC(N)C(=O)O)OC(=O)CCCCCCCCCCCCCCCCCCCC. The molecule has 3 unspecified atom stereocenters. The maximum absolute atomic E-state index is 12.7. The van der Waals surface area contributed by atoms with Crippen LogP contribution in [0.3, 0.4) is 0 Å². The molecule has 0 saturated carbocycles. The lowest BCUT2D eigenvalue weighted by atomic mass is 10.0. The molecule has 0 heterocycles. The van der Waals surface area contributed by atoms with Gasteiger partial charge in [0.15, 0.2) is 0 Å². The summed E-state index contributed by atoms with van der Waals surface area (Å²) in [5.41, 5.74) is 5.36. The lowest BCUT2D eigenvalue weighted by Crippen LogP contribution is -2.34. The fourth-order valence-corrected chi connectivity index (χ4v) is 6.82. The van der Waals surface area contributed by atoms with Gasteiger partial charge >= 0.3 is 19.8 Å². The molecule has 0 aromatic carbocycles. The van der Waals surface area contributed by atoms with Crippen molar-refractivity contribution in [1.29, 1.82) is 0 Å². The van der Waals surface area contributed by atoms with Gasteiger partial charge in [-0.2, -0.15) is 0 Å². The molecule has 3 atom stereocenters. The van der Waals surface area contributed by atoms with Crippen LogP contribution in [0.2, 0.25) is 0 Å². The van der Waals surface area contributed by atoms with Crippen molar-refractivity contribution in [2.75, 3.05) is 26.4 Å². The van der Waals surface area contributed by atoms with Gasteiger partial charge in [-0.1, -0.05) is 184 Å². The lowest BCUT2D eigenvalue weighted by Gasteiger charge is -2.20. The van der Waals surface area contributed by atoms with E-state index in [1.165, 1.54) is 89.9 Å². The number of phosphoric acid groups is 1. The van der Waals surface area contributed by atoms with Gasteiger partial charge in [-0.3, -0.25) is 18.6 Å². The average molecular weight is 838 g/mol. The normalized spacial score (nSPS) is 14.4. The van der Waals surface area contributed by atoms with Crippen LogP contribution in [-0.4, -0.2) is 60.5 Å². The quantitative estimate of drug-likeness (QED) is 0.0234. The van der Waals surface area contributed by atoms with E-state index in [0.717, 1.165) is 70.6 Å². The highest BCUT2D eigenvalue weighted by Gasteiger charge is 2.27. The third-order valence-corrected chi connectivity index (χ3v) is 10.5. The van der Waals surface area contributed by atoms with Crippen molar-refractivity contribution in [2.45, 2.75) is 199 Å². The Morgan fingerprint density at radius 1 is 0.569 bits per heavy atom. The first kappa shape index (κ1) is 55.7. The van der Waals surface area contributed by atoms with Crippen molar-refractivity contribution in [1.82, 2.24) is 0 Å². The Bertz CT molecular complexity index is 1150. The molecular weight excluding hydrogens is 753 g/mol. The van der Waals surface area contributed by atoms with Gasteiger partial charge < -0.3 is 25.2 Å². The van der Waals surface area contributed by atoms with Gasteiger partial charge in [-0.05, 0) is 57.8 Å². The first-order valence-electron chi connectivity index (χ1n) is 22.8. The summed E-state index contributed by atoms with van der Waals surface area (Å²) in [6.07, 6.45) is 51.4. The van der Waals surface area contributed by atoms with Crippen molar-refractivity contribution < 1.29 is 42.7 Å². The molecule has 0 aliphatic carbocycles. The second-order valence-corrected chi connectivity index (χ2v) is 16.6. The maximum Gasteiger partial charge on any atom is 0.472 e. The zero-order valence-electron chi connectivity index (χ0n) is 36.6. The molecule has 0 amide bonds. The molecule has 4 N–H and O–H groups in total. The Kier molecular flexibility index (Phi) is 41.1. The van der Waals surface area contributed by atoms with E-state index in [0.29, 0.717) is 13.0 Å². The van der Waals surface area contributed by atoms with E-state index in [1.807, 2.05) is 0 Å². The van der Waals surface area contributed by atoms with Crippen LogP contribution in [0.4, 0.5) is 0 Å². The predicted molar refractivity (Wildman–Crippen MR) is 240 cm³/mol. The topological polar surface area (TPSA) is 155 Å². The van der Waals surface area contributed by atoms with Crippen LogP contribution >= 0.6 is 7.82 Å². The second kappa shape index (κ2) is 42.8. The number of allylic oxidation sites excluding steroid dienone is 10. The summed E-state index contributed by atoms with van der Waals surface area (Å²) in [5, 5.41) is 8.90. The minimum atomic E-state index is -4.63. The first-order chi connectivity index (χ1) is 28.2. The molecule has 0 rings (SSSR count). The summed E-state index contributed by atoms with van der Waals surface area (Å²) in [7, 11) is -4.63. The zero-order valence-corrected chi connectivity index (χ0v) is 37.5. The Balaban J connectivity index is 4.28. The number of ether oxygens (including phenoxy) is 2. The number of carboxylic acid groups (broad SMARTS) is 1. The molecule has 0 saturated heterocycles. The molecule has 58 heavy (non-hydrogen) atoms. The number of carboxylic acids is 1. The summed E-state index contributed by atoms with van der Waals surface area (Å²) in [4.78, 5) is 33.6. The van der Waals surface area contributed by atoms with Crippen LogP contribution in [0.15, 0.2) is 60.8 Å². The number of aliphatic carboxylic acids is 1. The Morgan fingerprint density at radius 3 is 1.47 bits per heavy atom. The molecule has 0 aromatic rings. The average Bonchev–Trinajstić information content (AvgIpc) is 3.20. The van der Waals surface area contributed by atoms with E-state index in [-0.39, 0.29) is 13.0 Å². The van der Waals surface area contributed by atoms with Crippen molar-refractivity contribution in [3.05, 3.63) is 60.8 Å². The van der Waals surface area contributed by atoms with Gasteiger partial charge in [0.25, 0.3) is 0 Å². The van der Waals surface area contributed by atoms with Crippen molar-refractivity contribution in [2.24, 2.45) is 5.73 Å². The fourth-order valence-electron chi connectivity index (χ4n) is 6.04. The van der Waals surface area contributed by atoms with Crippen LogP contribution in [0, 0.1) is 0 Å². The van der Waals surface area contributed by atoms with Gasteiger partial charge in [0, 0.05) is 13.0 Å². The number of unbranched alkanes of at least 4 members (excludes halogenated alkanes) is 19. The van der Waals surface area contributed by atoms with Crippen LogP contribution in [0.1, 0.15) is 187 Å². The molecule has 336 valence electrons. The van der Waals surface area contributed by atoms with Gasteiger partial charge in [0.05, 0.1) is 19.8 Å². The summed E-state index contributed by atoms with van der Waals surface area (Å²) in [5.74, 6) is -1.80. The van der Waals surface area contributed by atoms with Crippen molar-refractivity contribution in [3.8, 4) is 0 Å². The fraction of sp³-hybridized carbons (Fsp3) is 0.745. The highest BCUT2D eigenvalue weighted by Crippen LogP contribution is 2.43. The minimum Gasteiger partial charge on any atom is -0.480 e. The third kappa shape index (κ3) is 41.8. The van der Waals surface area contributed by atoms with Crippen molar-refractivity contribution >= 4 is 19.8 Å². The monoisotopic (exact) mass is 838 g/mol. The number of hydrogen-bond donors (Lipinski definition) is 3. The van der Waals surface area contributed by atoms with E-state index in [1.54, 1.807) is 0 Å². The standard InChI is InChI=1S/C47H84NO9P/c1-3-5-7-9-11-13-15-17-19-21-23-25-27-29-31-33-35-37-39-46(49)57-44(42-55-58(52,53)56-43-45(48)47(50)51)41-54-40-38-36-34-32-30-28-26-24-22-20-18-16-14-12-10-8-6-4-2/h6,8,12,14,18,20,24,26,30,32,44-45H,3-5,7,9-11,13,15-17,19,21-23,25,27-29,31,33-43,48H2,1-2H3,(H,50,51)(H,52,53)/b8-6-,14-12-,20-18-,26-24-,32-30-. The summed E-state index contributed by atoms with van der Waals surface area (Å²) in [6, 6.07) is -1.48. The highest BCUT2D eigenvalue weighted by atomic mass is 31.2. The van der Waals surface area contributed by atoms with E-state index in [4.69, 9.17) is 29.4 Å². The highest BCUT2D eigenvalue weighted by molar-refractivity contribution is 7.47. The van der Waals surface area contributed by atoms with E-state index in [2.05, 4.69) is 74.6 Å². The second-order valence-electron chi connectivity index (χ2n) is 15.2. The predicted octanol–water partition coefficient (Wildman–Crippen LogP) is 12.8. The van der Waals surface area contributed by atoms with Crippen LogP contribution in [0.5, 0.6) is 0 Å². The van der Waals surface area contributed by atoms with Gasteiger partial charge in [-0.25, -0.2) is 4.57 Å². The number of rotatable bonds is 43. The summed E-state index contributed by atoms with van der Waals surface area (Å²) in [6.45, 7) is 3.67. The Hall–Kier alpha value is -2.33. The van der Waals surface area contributed by atoms with Crippen LogP contribution < -0.4 is 5.73 Å². The molecular formula is C47H84NO9P. The largest absolute Gasteiger partial charge is 0.480 e. The molecule has 0 aliphatic rings. The number of carbonyl (C=O) groups excluding carboxylic acids is 1. The summed E-state index contributed by atoms with van der Waals surface area (Å²) < 4.78 is 33.3. The third-order valence-electron chi connectivity index (χ3n) is 9.56. The lowest BCUT2D eigenvalue weighted by molar-refractivity contribution is -0.154. The van der Waals surface area contributed by atoms with Gasteiger partial charge in [0.2, 0.25) is 0 Å². The molecule has 0 bridgehead atoms. The van der Waals surface area contributed by atoms with Crippen LogP contribution in [-0.2, 0) is 32.7 Å². The molecule has 10 nitrogen and oxygen atoms in total. The molecule has 0 radical (unpaired) electrons. The summed E-state index contributed by atoms with van der Waals surface area (Å²) >= 11 is 0. The van der Waals surface area contributed by atoms with E-state index < -0.39 is 45.1 Å². The van der Waals surface area contributed by atoms with E-state index in [9.17, 15) is 19.0 Å². The number of esters is 1. The number of carbonyl (C=O) groups is 2. The van der Waals surface area contributed by atoms with Gasteiger partial charge in [-0.15, -0.1) is 0 Å².